The summed E-state index contributed by atoms with van der Waals surface area (Å²) < 4.78 is 5.95. The van der Waals surface area contributed by atoms with Crippen molar-refractivity contribution >= 4 is 5.91 Å². The molecule has 7 heteroatoms. The van der Waals surface area contributed by atoms with Crippen LogP contribution in [0.15, 0.2) is 30.6 Å². The third-order valence-corrected chi connectivity index (χ3v) is 5.88. The number of carbonyl (C=O) groups excluding carboxylic acids is 1. The van der Waals surface area contributed by atoms with Gasteiger partial charge in [-0.25, -0.2) is 0 Å². The SMILES string of the molecule is O=C(C1CCC(O)CC1)N1CCC[C@@H](COc2ccc(-c3ccn[nH]3)nc2)C1. The molecule has 28 heavy (non-hydrogen) atoms. The largest absolute Gasteiger partial charge is 0.492 e. The molecule has 0 bridgehead atoms. The Hall–Kier alpha value is -2.41. The Bertz CT molecular complexity index is 754. The van der Waals surface area contributed by atoms with E-state index in [0.29, 0.717) is 12.5 Å². The van der Waals surface area contributed by atoms with E-state index in [0.717, 1.165) is 68.8 Å². The Morgan fingerprint density at radius 3 is 2.79 bits per heavy atom. The van der Waals surface area contributed by atoms with Crippen LogP contribution in [0.4, 0.5) is 0 Å². The van der Waals surface area contributed by atoms with E-state index >= 15 is 0 Å². The lowest BCUT2D eigenvalue weighted by atomic mass is 9.85. The predicted molar refractivity (Wildman–Crippen MR) is 105 cm³/mol. The van der Waals surface area contributed by atoms with Crippen molar-refractivity contribution in [2.24, 2.45) is 11.8 Å². The Balaban J connectivity index is 1.27. The summed E-state index contributed by atoms with van der Waals surface area (Å²) in [4.78, 5) is 19.2. The van der Waals surface area contributed by atoms with Gasteiger partial charge in [0.15, 0.2) is 0 Å². The van der Waals surface area contributed by atoms with E-state index in [9.17, 15) is 9.90 Å². The zero-order chi connectivity index (χ0) is 19.3. The number of aromatic amines is 1. The minimum absolute atomic E-state index is 0.0855. The van der Waals surface area contributed by atoms with Crippen LogP contribution in [0.5, 0.6) is 5.75 Å². The molecule has 0 aromatic carbocycles. The second-order valence-corrected chi connectivity index (χ2v) is 7.96. The highest BCUT2D eigenvalue weighted by Crippen LogP contribution is 2.28. The topological polar surface area (TPSA) is 91.3 Å². The van der Waals surface area contributed by atoms with Crippen LogP contribution in [0.1, 0.15) is 38.5 Å². The summed E-state index contributed by atoms with van der Waals surface area (Å²) >= 11 is 0. The van der Waals surface area contributed by atoms with Gasteiger partial charge in [0.2, 0.25) is 5.91 Å². The summed E-state index contributed by atoms with van der Waals surface area (Å²) in [5.74, 6) is 1.44. The number of nitrogens with one attached hydrogen (secondary N) is 1. The van der Waals surface area contributed by atoms with Crippen molar-refractivity contribution in [1.82, 2.24) is 20.1 Å². The molecule has 2 aromatic heterocycles. The highest BCUT2D eigenvalue weighted by atomic mass is 16.5. The van der Waals surface area contributed by atoms with Crippen molar-refractivity contribution in [3.63, 3.8) is 0 Å². The lowest BCUT2D eigenvalue weighted by Crippen LogP contribution is -2.45. The van der Waals surface area contributed by atoms with E-state index in [-0.39, 0.29) is 17.9 Å². The van der Waals surface area contributed by atoms with Crippen molar-refractivity contribution in [2.45, 2.75) is 44.6 Å². The lowest BCUT2D eigenvalue weighted by molar-refractivity contribution is -0.139. The van der Waals surface area contributed by atoms with Crippen molar-refractivity contribution in [3.05, 3.63) is 30.6 Å². The minimum Gasteiger partial charge on any atom is -0.492 e. The van der Waals surface area contributed by atoms with Crippen molar-refractivity contribution < 1.29 is 14.6 Å². The second kappa shape index (κ2) is 8.73. The van der Waals surface area contributed by atoms with Crippen molar-refractivity contribution in [3.8, 4) is 17.1 Å². The molecule has 3 heterocycles. The van der Waals surface area contributed by atoms with Crippen LogP contribution >= 0.6 is 0 Å². The predicted octanol–water partition coefficient (Wildman–Crippen LogP) is 2.64. The first-order valence-corrected chi connectivity index (χ1v) is 10.2. The minimum atomic E-state index is -0.222. The van der Waals surface area contributed by atoms with Gasteiger partial charge in [-0.05, 0) is 56.7 Å². The zero-order valence-corrected chi connectivity index (χ0v) is 16.1. The van der Waals surface area contributed by atoms with E-state index in [1.165, 1.54) is 0 Å². The fourth-order valence-corrected chi connectivity index (χ4v) is 4.22. The molecule has 7 nitrogen and oxygen atoms in total. The molecule has 1 aliphatic heterocycles. The number of piperidine rings is 1. The first-order valence-electron chi connectivity index (χ1n) is 10.2. The number of nitrogens with zero attached hydrogens (tertiary/aromatic N) is 3. The average molecular weight is 384 g/mol. The molecule has 1 atom stereocenters. The van der Waals surface area contributed by atoms with Gasteiger partial charge in [-0.3, -0.25) is 14.9 Å². The Morgan fingerprint density at radius 1 is 1.21 bits per heavy atom. The van der Waals surface area contributed by atoms with E-state index in [1.807, 2.05) is 23.1 Å². The normalized spacial score (nSPS) is 25.5. The van der Waals surface area contributed by atoms with Gasteiger partial charge in [-0.2, -0.15) is 5.10 Å². The standard InChI is InChI=1S/C21H28N4O3/c26-17-5-3-16(4-6-17)21(27)25-11-1-2-15(13-25)14-28-18-7-8-19(22-12-18)20-9-10-23-24-20/h7-10,12,15-17,26H,1-6,11,13-14H2,(H,23,24)/t15-,16?,17?/m1/s1. The molecule has 1 saturated carbocycles. The Labute approximate surface area is 165 Å². The maximum atomic E-state index is 12.8. The van der Waals surface area contributed by atoms with Crippen LogP contribution in [0.3, 0.4) is 0 Å². The van der Waals surface area contributed by atoms with Crippen LogP contribution < -0.4 is 4.74 Å². The monoisotopic (exact) mass is 384 g/mol. The number of ether oxygens (including phenoxy) is 1. The molecule has 0 unspecified atom stereocenters. The summed E-state index contributed by atoms with van der Waals surface area (Å²) in [5, 5.41) is 16.5. The van der Waals surface area contributed by atoms with Crippen LogP contribution in [-0.4, -0.2) is 56.9 Å². The highest BCUT2D eigenvalue weighted by Gasteiger charge is 2.31. The van der Waals surface area contributed by atoms with Gasteiger partial charge in [0.05, 0.1) is 30.3 Å². The van der Waals surface area contributed by atoms with Crippen LogP contribution in [0.25, 0.3) is 11.4 Å². The van der Waals surface area contributed by atoms with Gasteiger partial charge < -0.3 is 14.7 Å². The number of pyridine rings is 1. The summed E-state index contributed by atoms with van der Waals surface area (Å²) in [6, 6.07) is 5.71. The molecule has 2 N–H and O–H groups in total. The highest BCUT2D eigenvalue weighted by molar-refractivity contribution is 5.79. The molecule has 1 amide bonds. The molecular weight excluding hydrogens is 356 g/mol. The van der Waals surface area contributed by atoms with Gasteiger partial charge in [0.25, 0.3) is 0 Å². The summed E-state index contributed by atoms with van der Waals surface area (Å²) in [6.07, 6.45) is 8.43. The number of likely N-dealkylation sites (tertiary alicyclic amines) is 1. The first kappa shape index (κ1) is 18.9. The molecule has 1 saturated heterocycles. The third kappa shape index (κ3) is 4.52. The number of rotatable bonds is 5. The number of aromatic nitrogens is 3. The average Bonchev–Trinajstić information content (AvgIpc) is 3.28. The summed E-state index contributed by atoms with van der Waals surface area (Å²) in [6.45, 7) is 2.20. The zero-order valence-electron chi connectivity index (χ0n) is 16.1. The smallest absolute Gasteiger partial charge is 0.225 e. The third-order valence-electron chi connectivity index (χ3n) is 5.88. The maximum absolute atomic E-state index is 12.8. The number of hydrogen-bond donors (Lipinski definition) is 2. The molecule has 4 rings (SSSR count). The van der Waals surface area contributed by atoms with Crippen molar-refractivity contribution in [2.75, 3.05) is 19.7 Å². The van der Waals surface area contributed by atoms with Crippen LogP contribution in [0, 0.1) is 11.8 Å². The van der Waals surface area contributed by atoms with E-state index in [4.69, 9.17) is 4.74 Å². The molecule has 2 aromatic rings. The van der Waals surface area contributed by atoms with Crippen molar-refractivity contribution in [1.29, 1.82) is 0 Å². The van der Waals surface area contributed by atoms with Crippen LogP contribution in [-0.2, 0) is 4.79 Å². The molecule has 0 radical (unpaired) electrons. The molecule has 2 aliphatic rings. The number of aliphatic hydroxyl groups excluding tert-OH is 1. The molecular formula is C21H28N4O3. The first-order chi connectivity index (χ1) is 13.7. The molecule has 1 aliphatic carbocycles. The van der Waals surface area contributed by atoms with E-state index in [1.54, 1.807) is 12.4 Å². The number of carbonyl (C=O) groups is 1. The fraction of sp³-hybridized carbons (Fsp3) is 0.571. The van der Waals surface area contributed by atoms with Gasteiger partial charge in [-0.15, -0.1) is 0 Å². The molecule has 150 valence electrons. The summed E-state index contributed by atoms with van der Waals surface area (Å²) in [7, 11) is 0. The second-order valence-electron chi connectivity index (χ2n) is 7.96. The van der Waals surface area contributed by atoms with E-state index in [2.05, 4.69) is 15.2 Å². The molecule has 0 spiro atoms. The number of H-pyrrole nitrogens is 1. The quantitative estimate of drug-likeness (QED) is 0.827. The van der Waals surface area contributed by atoms with E-state index < -0.39 is 0 Å². The Kier molecular flexibility index (Phi) is 5.90. The fourth-order valence-electron chi connectivity index (χ4n) is 4.22. The van der Waals surface area contributed by atoms with Gasteiger partial charge in [0, 0.05) is 31.1 Å². The maximum Gasteiger partial charge on any atom is 0.225 e. The molecule has 2 fully saturated rings. The Morgan fingerprint density at radius 2 is 2.07 bits per heavy atom. The van der Waals surface area contributed by atoms with Gasteiger partial charge in [-0.1, -0.05) is 0 Å². The van der Waals surface area contributed by atoms with Gasteiger partial charge in [0.1, 0.15) is 5.75 Å². The lowest BCUT2D eigenvalue weighted by Gasteiger charge is -2.36. The summed E-state index contributed by atoms with van der Waals surface area (Å²) in [5.41, 5.74) is 1.71. The number of amides is 1. The van der Waals surface area contributed by atoms with Crippen LogP contribution in [0.2, 0.25) is 0 Å². The van der Waals surface area contributed by atoms with Gasteiger partial charge >= 0.3 is 0 Å². The number of hydrogen-bond acceptors (Lipinski definition) is 5. The number of aliphatic hydroxyl groups is 1.